The van der Waals surface area contributed by atoms with Crippen molar-refractivity contribution in [3.05, 3.63) is 59.3 Å². The van der Waals surface area contributed by atoms with Gasteiger partial charge >= 0.3 is 6.61 Å². The molecule has 0 saturated heterocycles. The molecule has 0 spiro atoms. The predicted octanol–water partition coefficient (Wildman–Crippen LogP) is 1.65. The maximum atomic E-state index is 12.5. The average Bonchev–Trinajstić information content (AvgIpc) is 3.31. The minimum atomic E-state index is -3.05. The summed E-state index contributed by atoms with van der Waals surface area (Å²) in [6.07, 6.45) is 1.90. The summed E-state index contributed by atoms with van der Waals surface area (Å²) >= 11 is 0. The molecule has 3 aromatic rings. The Balaban J connectivity index is 1.64. The molecule has 1 aliphatic carbocycles. The van der Waals surface area contributed by atoms with Gasteiger partial charge in [-0.05, 0) is 49.5 Å². The molecule has 0 amide bonds. The van der Waals surface area contributed by atoms with Gasteiger partial charge in [0.15, 0.2) is 0 Å². The van der Waals surface area contributed by atoms with Gasteiger partial charge in [-0.3, -0.25) is 4.90 Å². The highest BCUT2D eigenvalue weighted by molar-refractivity contribution is 5.90. The first-order valence-electron chi connectivity index (χ1n) is 9.91. The van der Waals surface area contributed by atoms with E-state index in [9.17, 15) is 29.2 Å². The van der Waals surface area contributed by atoms with Crippen LogP contribution in [0.15, 0.2) is 42.6 Å². The molecule has 0 saturated carbocycles. The number of aromatic amines is 1. The number of H-pyrrole nitrogens is 1. The van der Waals surface area contributed by atoms with Gasteiger partial charge in [0.1, 0.15) is 17.6 Å². The standard InChI is InChI=1S/C22H24F2N2O6/c1-26(2)22(29,30)21(27,28)16-11-25-17-4-3-5-18(19(16)17)31-15-8-12-6-7-14(32-20(23)24)9-13(12)10-15/h3-7,9,11,15,20,25,27-30H,8,10H2,1-2H3. The van der Waals surface area contributed by atoms with Crippen molar-refractivity contribution in [3.63, 3.8) is 0 Å². The number of aromatic nitrogens is 1. The van der Waals surface area contributed by atoms with E-state index in [-0.39, 0.29) is 22.8 Å². The molecule has 2 aromatic carbocycles. The first kappa shape index (κ1) is 22.4. The third kappa shape index (κ3) is 3.80. The first-order chi connectivity index (χ1) is 15.0. The summed E-state index contributed by atoms with van der Waals surface area (Å²) in [5.74, 6) is -5.65. The number of rotatable bonds is 7. The Kier molecular flexibility index (Phi) is 5.60. The van der Waals surface area contributed by atoms with Gasteiger partial charge in [-0.25, -0.2) is 0 Å². The van der Waals surface area contributed by atoms with Crippen LogP contribution in [0.3, 0.4) is 0 Å². The minimum Gasteiger partial charge on any atom is -0.489 e. The van der Waals surface area contributed by atoms with Gasteiger partial charge in [0, 0.05) is 30.1 Å². The smallest absolute Gasteiger partial charge is 0.387 e. The third-order valence-electron chi connectivity index (χ3n) is 5.73. The molecule has 172 valence electrons. The lowest BCUT2D eigenvalue weighted by atomic mass is 10.00. The Morgan fingerprint density at radius 1 is 1.06 bits per heavy atom. The quantitative estimate of drug-likeness (QED) is 0.348. The van der Waals surface area contributed by atoms with Crippen LogP contribution in [0.4, 0.5) is 8.78 Å². The second kappa shape index (κ2) is 7.98. The van der Waals surface area contributed by atoms with Crippen molar-refractivity contribution in [1.29, 1.82) is 0 Å². The zero-order chi connectivity index (χ0) is 23.3. The Morgan fingerprint density at radius 3 is 2.47 bits per heavy atom. The van der Waals surface area contributed by atoms with Crippen molar-refractivity contribution in [1.82, 2.24) is 9.88 Å². The summed E-state index contributed by atoms with van der Waals surface area (Å²) in [5.41, 5.74) is 2.09. The molecular weight excluding hydrogens is 426 g/mol. The molecule has 1 atom stereocenters. The van der Waals surface area contributed by atoms with E-state index in [2.05, 4.69) is 9.72 Å². The normalized spacial score (nSPS) is 16.8. The molecule has 1 unspecified atom stereocenters. The van der Waals surface area contributed by atoms with Crippen LogP contribution in [0.2, 0.25) is 0 Å². The Hall–Kier alpha value is -2.76. The van der Waals surface area contributed by atoms with E-state index in [4.69, 9.17) is 4.74 Å². The van der Waals surface area contributed by atoms with Crippen LogP contribution in [0.1, 0.15) is 16.7 Å². The van der Waals surface area contributed by atoms with Crippen LogP contribution in [0.25, 0.3) is 10.9 Å². The van der Waals surface area contributed by atoms with Crippen molar-refractivity contribution in [3.8, 4) is 11.5 Å². The monoisotopic (exact) mass is 450 g/mol. The summed E-state index contributed by atoms with van der Waals surface area (Å²) in [7, 11) is 2.57. The number of alkyl halides is 2. The van der Waals surface area contributed by atoms with Crippen LogP contribution in [0, 0.1) is 0 Å². The first-order valence-corrected chi connectivity index (χ1v) is 9.91. The van der Waals surface area contributed by atoms with Crippen LogP contribution in [0.5, 0.6) is 11.5 Å². The van der Waals surface area contributed by atoms with Gasteiger partial charge in [-0.2, -0.15) is 8.78 Å². The number of nitrogens with one attached hydrogen (secondary N) is 1. The van der Waals surface area contributed by atoms with E-state index < -0.39 is 18.3 Å². The number of fused-ring (bicyclic) bond motifs is 2. The highest BCUT2D eigenvalue weighted by Crippen LogP contribution is 2.40. The SMILES string of the molecule is CN(C)C(O)(O)C(O)(O)c1c[nH]c2cccc(OC3Cc4ccc(OC(F)F)cc4C3)c12. The second-order valence-corrected chi connectivity index (χ2v) is 8.04. The maximum Gasteiger partial charge on any atom is 0.387 e. The molecule has 1 heterocycles. The molecule has 1 aromatic heterocycles. The van der Waals surface area contributed by atoms with E-state index in [1.54, 1.807) is 30.3 Å². The number of ether oxygens (including phenoxy) is 2. The summed E-state index contributed by atoms with van der Waals surface area (Å²) in [6.45, 7) is -2.91. The van der Waals surface area contributed by atoms with Gasteiger partial charge in [0.05, 0.1) is 5.39 Å². The number of halogens is 2. The van der Waals surface area contributed by atoms with Crippen LogP contribution in [-0.4, -0.2) is 63.0 Å². The number of nitrogens with zero attached hydrogens (tertiary/aromatic N) is 1. The van der Waals surface area contributed by atoms with E-state index in [1.807, 2.05) is 0 Å². The van der Waals surface area contributed by atoms with Crippen LogP contribution < -0.4 is 9.47 Å². The molecular formula is C22H24F2N2O6. The van der Waals surface area contributed by atoms with Crippen molar-refractivity contribution in [2.75, 3.05) is 14.1 Å². The van der Waals surface area contributed by atoms with E-state index in [0.29, 0.717) is 24.1 Å². The van der Waals surface area contributed by atoms with Crippen molar-refractivity contribution < 1.29 is 38.7 Å². The summed E-state index contributed by atoms with van der Waals surface area (Å²) in [6, 6.07) is 9.79. The van der Waals surface area contributed by atoms with E-state index in [0.717, 1.165) is 16.0 Å². The highest BCUT2D eigenvalue weighted by Gasteiger charge is 2.52. The van der Waals surface area contributed by atoms with Crippen LogP contribution >= 0.6 is 0 Å². The Bertz CT molecular complexity index is 1130. The van der Waals surface area contributed by atoms with Gasteiger partial charge in [-0.1, -0.05) is 12.1 Å². The number of likely N-dealkylation sites (N-methyl/N-ethyl adjacent to an activating group) is 1. The van der Waals surface area contributed by atoms with Crippen molar-refractivity contribution in [2.45, 2.75) is 37.3 Å². The topological polar surface area (TPSA) is 118 Å². The van der Waals surface area contributed by atoms with Crippen LogP contribution in [-0.2, 0) is 18.6 Å². The lowest BCUT2D eigenvalue weighted by molar-refractivity contribution is -0.413. The maximum absolute atomic E-state index is 12.5. The van der Waals surface area contributed by atoms with Gasteiger partial charge in [0.25, 0.3) is 11.7 Å². The summed E-state index contributed by atoms with van der Waals surface area (Å²) in [4.78, 5) is 3.75. The molecule has 8 nitrogen and oxygen atoms in total. The lowest BCUT2D eigenvalue weighted by Gasteiger charge is -2.39. The third-order valence-corrected chi connectivity index (χ3v) is 5.73. The second-order valence-electron chi connectivity index (χ2n) is 8.04. The van der Waals surface area contributed by atoms with Gasteiger partial charge in [-0.15, -0.1) is 0 Å². The average molecular weight is 450 g/mol. The molecule has 0 fully saturated rings. The molecule has 0 bridgehead atoms. The molecule has 32 heavy (non-hydrogen) atoms. The lowest BCUT2D eigenvalue weighted by Crippen LogP contribution is -2.60. The minimum absolute atomic E-state index is 0.0747. The Labute approximate surface area is 182 Å². The van der Waals surface area contributed by atoms with Crippen molar-refractivity contribution >= 4 is 10.9 Å². The Morgan fingerprint density at radius 2 is 1.78 bits per heavy atom. The van der Waals surface area contributed by atoms with E-state index in [1.165, 1.54) is 26.4 Å². The molecule has 0 aliphatic heterocycles. The number of hydrogen-bond donors (Lipinski definition) is 5. The van der Waals surface area contributed by atoms with Crippen molar-refractivity contribution in [2.24, 2.45) is 0 Å². The highest BCUT2D eigenvalue weighted by atomic mass is 19.3. The largest absolute Gasteiger partial charge is 0.489 e. The fraction of sp³-hybridized carbons (Fsp3) is 0.364. The zero-order valence-electron chi connectivity index (χ0n) is 17.4. The summed E-state index contributed by atoms with van der Waals surface area (Å²) < 4.78 is 35.6. The number of hydrogen-bond acceptors (Lipinski definition) is 7. The molecule has 1 aliphatic rings. The summed E-state index contributed by atoms with van der Waals surface area (Å²) in [5, 5.41) is 42.2. The molecule has 5 N–H and O–H groups in total. The number of aliphatic hydroxyl groups is 4. The predicted molar refractivity (Wildman–Crippen MR) is 110 cm³/mol. The fourth-order valence-corrected chi connectivity index (χ4v) is 4.01. The molecule has 4 rings (SSSR count). The molecule has 10 heteroatoms. The number of benzene rings is 2. The fourth-order valence-electron chi connectivity index (χ4n) is 4.01. The molecule has 0 radical (unpaired) electrons. The van der Waals surface area contributed by atoms with Gasteiger partial charge < -0.3 is 34.9 Å². The van der Waals surface area contributed by atoms with E-state index >= 15 is 0 Å². The zero-order valence-corrected chi connectivity index (χ0v) is 17.4. The van der Waals surface area contributed by atoms with Gasteiger partial charge in [0.2, 0.25) is 0 Å².